The Morgan fingerprint density at radius 1 is 1.42 bits per heavy atom. The van der Waals surface area contributed by atoms with Crippen LogP contribution in [0.1, 0.15) is 15.9 Å². The minimum atomic E-state index is -0.724. The van der Waals surface area contributed by atoms with Crippen LogP contribution < -0.4 is 5.32 Å². The van der Waals surface area contributed by atoms with Gasteiger partial charge < -0.3 is 14.8 Å². The molecule has 8 nitrogen and oxygen atoms in total. The topological polar surface area (TPSA) is 108 Å². The second-order valence-corrected chi connectivity index (χ2v) is 3.42. The molecule has 19 heavy (non-hydrogen) atoms. The highest BCUT2D eigenvalue weighted by molar-refractivity contribution is 5.90. The number of nitro benzene ring substituents is 1. The minimum Gasteiger partial charge on any atom is -0.465 e. The molecule has 0 unspecified atom stereocenters. The van der Waals surface area contributed by atoms with E-state index in [-0.39, 0.29) is 23.4 Å². The van der Waals surface area contributed by atoms with E-state index in [9.17, 15) is 19.7 Å². The summed E-state index contributed by atoms with van der Waals surface area (Å²) in [5, 5.41) is 13.0. The van der Waals surface area contributed by atoms with Crippen LogP contribution in [0, 0.1) is 10.1 Å². The van der Waals surface area contributed by atoms with E-state index in [1.807, 2.05) is 0 Å². The fraction of sp³-hybridized carbons (Fsp3) is 0.273. The van der Waals surface area contributed by atoms with Crippen molar-refractivity contribution in [1.82, 2.24) is 5.32 Å². The largest absolute Gasteiger partial charge is 0.465 e. The number of benzene rings is 1. The summed E-state index contributed by atoms with van der Waals surface area (Å²) in [6.07, 6.45) is -0.724. The summed E-state index contributed by atoms with van der Waals surface area (Å²) >= 11 is 0. The summed E-state index contributed by atoms with van der Waals surface area (Å²) in [5.41, 5.74) is 0.0108. The van der Waals surface area contributed by atoms with Gasteiger partial charge in [-0.05, 0) is 12.1 Å². The molecule has 0 radical (unpaired) electrons. The van der Waals surface area contributed by atoms with Gasteiger partial charge >= 0.3 is 12.1 Å². The van der Waals surface area contributed by atoms with Gasteiger partial charge in [-0.25, -0.2) is 9.59 Å². The van der Waals surface area contributed by atoms with Crippen LogP contribution in [0.15, 0.2) is 18.2 Å². The van der Waals surface area contributed by atoms with Crippen molar-refractivity contribution in [3.05, 3.63) is 39.4 Å². The van der Waals surface area contributed by atoms with Gasteiger partial charge in [0, 0.05) is 13.1 Å². The van der Waals surface area contributed by atoms with E-state index in [1.54, 1.807) is 0 Å². The number of hydrogen-bond donors (Lipinski definition) is 1. The molecule has 0 aliphatic carbocycles. The second-order valence-electron chi connectivity index (χ2n) is 3.42. The SMILES string of the molecule is CNC(=O)OCc1cc(C(=O)OC)ccc1[N+](=O)[O-]. The number of esters is 1. The number of hydrogen-bond acceptors (Lipinski definition) is 6. The van der Waals surface area contributed by atoms with E-state index in [2.05, 4.69) is 10.1 Å². The first-order valence-corrected chi connectivity index (χ1v) is 5.19. The number of methoxy groups -OCH3 is 1. The lowest BCUT2D eigenvalue weighted by molar-refractivity contribution is -0.385. The molecule has 0 atom stereocenters. The first-order valence-electron chi connectivity index (χ1n) is 5.19. The van der Waals surface area contributed by atoms with E-state index in [0.29, 0.717) is 0 Å². The van der Waals surface area contributed by atoms with Gasteiger partial charge in [-0.2, -0.15) is 0 Å². The van der Waals surface area contributed by atoms with Gasteiger partial charge in [0.05, 0.1) is 23.2 Å². The molecule has 0 bridgehead atoms. The minimum absolute atomic E-state index is 0.108. The lowest BCUT2D eigenvalue weighted by Gasteiger charge is -2.06. The summed E-state index contributed by atoms with van der Waals surface area (Å²) in [4.78, 5) is 32.5. The third-order valence-corrected chi connectivity index (χ3v) is 2.26. The summed E-state index contributed by atoms with van der Waals surface area (Å²) in [6.45, 7) is -0.319. The van der Waals surface area contributed by atoms with Crippen molar-refractivity contribution in [2.24, 2.45) is 0 Å². The summed E-state index contributed by atoms with van der Waals surface area (Å²) in [5.74, 6) is -0.629. The van der Waals surface area contributed by atoms with Crippen LogP contribution in [-0.2, 0) is 16.1 Å². The molecule has 0 aliphatic rings. The first kappa shape index (κ1) is 14.4. The van der Waals surface area contributed by atoms with Gasteiger partial charge in [-0.1, -0.05) is 0 Å². The number of alkyl carbamates (subject to hydrolysis) is 1. The number of carbonyl (C=O) groups excluding carboxylic acids is 2. The van der Waals surface area contributed by atoms with E-state index in [1.165, 1.54) is 26.3 Å². The summed E-state index contributed by atoms with van der Waals surface area (Å²) < 4.78 is 9.24. The Labute approximate surface area is 108 Å². The fourth-order valence-electron chi connectivity index (χ4n) is 1.34. The van der Waals surface area contributed by atoms with Crippen LogP contribution in [-0.4, -0.2) is 31.1 Å². The third-order valence-electron chi connectivity index (χ3n) is 2.26. The van der Waals surface area contributed by atoms with Crippen molar-refractivity contribution in [1.29, 1.82) is 0 Å². The Hall–Kier alpha value is -2.64. The van der Waals surface area contributed by atoms with Crippen molar-refractivity contribution >= 4 is 17.7 Å². The normalized spacial score (nSPS) is 9.58. The summed E-state index contributed by atoms with van der Waals surface area (Å²) in [7, 11) is 2.56. The molecule has 0 saturated heterocycles. The van der Waals surface area contributed by atoms with Crippen molar-refractivity contribution in [2.45, 2.75) is 6.61 Å². The van der Waals surface area contributed by atoms with Crippen LogP contribution in [0.4, 0.5) is 10.5 Å². The molecule has 0 saturated carbocycles. The van der Waals surface area contributed by atoms with Gasteiger partial charge in [0.25, 0.3) is 5.69 Å². The highest BCUT2D eigenvalue weighted by Gasteiger charge is 2.18. The van der Waals surface area contributed by atoms with Crippen molar-refractivity contribution in [3.8, 4) is 0 Å². The highest BCUT2D eigenvalue weighted by Crippen LogP contribution is 2.21. The second kappa shape index (κ2) is 6.34. The monoisotopic (exact) mass is 268 g/mol. The lowest BCUT2D eigenvalue weighted by Crippen LogP contribution is -2.19. The number of amides is 1. The zero-order chi connectivity index (χ0) is 14.4. The van der Waals surface area contributed by atoms with E-state index in [4.69, 9.17) is 4.74 Å². The maximum absolute atomic E-state index is 11.3. The maximum Gasteiger partial charge on any atom is 0.407 e. The Bertz CT molecular complexity index is 514. The van der Waals surface area contributed by atoms with Gasteiger partial charge in [-0.3, -0.25) is 10.1 Å². The van der Waals surface area contributed by atoms with Crippen LogP contribution in [0.3, 0.4) is 0 Å². The van der Waals surface area contributed by atoms with Crippen molar-refractivity contribution < 1.29 is 24.0 Å². The van der Waals surface area contributed by atoms with Gasteiger partial charge in [-0.15, -0.1) is 0 Å². The van der Waals surface area contributed by atoms with E-state index in [0.717, 1.165) is 6.07 Å². The van der Waals surface area contributed by atoms with Crippen molar-refractivity contribution in [2.75, 3.05) is 14.2 Å². The molecule has 0 spiro atoms. The standard InChI is InChI=1S/C11H12N2O6/c1-12-11(15)19-6-8-5-7(10(14)18-2)3-4-9(8)13(16)17/h3-5H,6H2,1-2H3,(H,12,15). The molecule has 1 aromatic carbocycles. The number of rotatable bonds is 4. The number of nitro groups is 1. The molecule has 0 fully saturated rings. The Kier molecular flexibility index (Phi) is 4.81. The number of nitrogens with zero attached hydrogens (tertiary/aromatic N) is 1. The molecule has 1 N–H and O–H groups in total. The third kappa shape index (κ3) is 3.66. The average molecular weight is 268 g/mol. The van der Waals surface area contributed by atoms with Crippen LogP contribution in [0.2, 0.25) is 0 Å². The molecule has 1 aromatic rings. The zero-order valence-corrected chi connectivity index (χ0v) is 10.3. The molecular weight excluding hydrogens is 256 g/mol. The predicted molar refractivity (Wildman–Crippen MR) is 63.7 cm³/mol. The Morgan fingerprint density at radius 3 is 2.63 bits per heavy atom. The smallest absolute Gasteiger partial charge is 0.407 e. The molecular formula is C11H12N2O6. The molecule has 0 heterocycles. The molecule has 1 amide bonds. The zero-order valence-electron chi connectivity index (χ0n) is 10.3. The van der Waals surface area contributed by atoms with Crippen LogP contribution in [0.25, 0.3) is 0 Å². The predicted octanol–water partition coefficient (Wildman–Crippen LogP) is 1.24. The Morgan fingerprint density at radius 2 is 2.11 bits per heavy atom. The molecule has 102 valence electrons. The van der Waals surface area contributed by atoms with E-state index < -0.39 is 17.0 Å². The maximum atomic E-state index is 11.3. The number of carbonyl (C=O) groups is 2. The van der Waals surface area contributed by atoms with Gasteiger partial charge in [0.15, 0.2) is 0 Å². The summed E-state index contributed by atoms with van der Waals surface area (Å²) in [6, 6.07) is 3.69. The molecule has 0 aliphatic heterocycles. The first-order chi connectivity index (χ1) is 8.99. The van der Waals surface area contributed by atoms with E-state index >= 15 is 0 Å². The molecule has 1 rings (SSSR count). The van der Waals surface area contributed by atoms with Crippen LogP contribution in [0.5, 0.6) is 0 Å². The number of ether oxygens (including phenoxy) is 2. The average Bonchev–Trinajstić information content (AvgIpc) is 2.43. The number of nitrogens with one attached hydrogen (secondary N) is 1. The lowest BCUT2D eigenvalue weighted by atomic mass is 10.1. The molecule has 0 aromatic heterocycles. The van der Waals surface area contributed by atoms with Gasteiger partial charge in [0.2, 0.25) is 0 Å². The highest BCUT2D eigenvalue weighted by atomic mass is 16.6. The van der Waals surface area contributed by atoms with Gasteiger partial charge in [0.1, 0.15) is 6.61 Å². The van der Waals surface area contributed by atoms with Crippen molar-refractivity contribution in [3.63, 3.8) is 0 Å². The van der Waals surface area contributed by atoms with Crippen LogP contribution >= 0.6 is 0 Å². The quantitative estimate of drug-likeness (QED) is 0.500. The fourth-order valence-corrected chi connectivity index (χ4v) is 1.34. The molecule has 8 heteroatoms. The Balaban J connectivity index is 3.05.